The van der Waals surface area contributed by atoms with Crippen LogP contribution >= 0.6 is 0 Å². The molecular formula is C18H23N3O. The number of carbonyl (C=O) groups excluding carboxylic acids is 1. The molecule has 0 bridgehead atoms. The van der Waals surface area contributed by atoms with Gasteiger partial charge in [-0.3, -0.25) is 14.8 Å². The van der Waals surface area contributed by atoms with Gasteiger partial charge in [0.2, 0.25) is 0 Å². The number of hydrogen-bond acceptors (Lipinski definition) is 3. The Kier molecular flexibility index (Phi) is 4.91. The van der Waals surface area contributed by atoms with Crippen LogP contribution in [0.4, 0.5) is 0 Å². The molecule has 2 aromatic heterocycles. The summed E-state index contributed by atoms with van der Waals surface area (Å²) in [5.74, 6) is -0.142. The number of amides is 1. The minimum absolute atomic E-state index is 0.0809. The molecule has 0 aliphatic carbocycles. The third-order valence-corrected chi connectivity index (χ3v) is 3.43. The first-order chi connectivity index (χ1) is 10.4. The summed E-state index contributed by atoms with van der Waals surface area (Å²) in [6.07, 6.45) is 6.02. The van der Waals surface area contributed by atoms with E-state index in [1.54, 1.807) is 12.4 Å². The molecule has 0 aliphatic heterocycles. The fourth-order valence-corrected chi connectivity index (χ4v) is 2.40. The molecule has 2 rings (SSSR count). The van der Waals surface area contributed by atoms with Crippen molar-refractivity contribution in [3.63, 3.8) is 0 Å². The predicted octanol–water partition coefficient (Wildman–Crippen LogP) is 3.69. The van der Waals surface area contributed by atoms with Gasteiger partial charge in [0.1, 0.15) is 5.69 Å². The minimum atomic E-state index is -0.142. The standard InChI is InChI=1S/C18H23N3O/c1-13-7-5-10-20-16(13)17(22)21-15(11-18(2,3)4)14-8-6-9-19-12-14/h5-10,12,15H,11H2,1-4H3,(H,21,22)/t15-/m0/s1. The maximum atomic E-state index is 12.5. The Bertz CT molecular complexity index is 632. The molecule has 0 saturated heterocycles. The number of nitrogens with one attached hydrogen (secondary N) is 1. The van der Waals surface area contributed by atoms with Gasteiger partial charge in [0.25, 0.3) is 5.91 Å². The van der Waals surface area contributed by atoms with Gasteiger partial charge in [0.05, 0.1) is 6.04 Å². The fourth-order valence-electron chi connectivity index (χ4n) is 2.40. The summed E-state index contributed by atoms with van der Waals surface area (Å²) in [7, 11) is 0. The van der Waals surface area contributed by atoms with Crippen molar-refractivity contribution in [3.8, 4) is 0 Å². The van der Waals surface area contributed by atoms with Crippen LogP contribution < -0.4 is 5.32 Å². The lowest BCUT2D eigenvalue weighted by Crippen LogP contribution is -2.32. The molecule has 1 atom stereocenters. The lowest BCUT2D eigenvalue weighted by Gasteiger charge is -2.27. The number of rotatable bonds is 4. The van der Waals surface area contributed by atoms with E-state index in [1.807, 2.05) is 37.4 Å². The molecule has 116 valence electrons. The molecule has 4 heteroatoms. The zero-order valence-electron chi connectivity index (χ0n) is 13.6. The highest BCUT2D eigenvalue weighted by molar-refractivity contribution is 5.93. The van der Waals surface area contributed by atoms with Crippen LogP contribution in [0.3, 0.4) is 0 Å². The van der Waals surface area contributed by atoms with E-state index in [9.17, 15) is 4.79 Å². The molecule has 0 fully saturated rings. The van der Waals surface area contributed by atoms with Gasteiger partial charge >= 0.3 is 0 Å². The van der Waals surface area contributed by atoms with E-state index in [2.05, 4.69) is 36.1 Å². The van der Waals surface area contributed by atoms with Gasteiger partial charge in [-0.2, -0.15) is 0 Å². The minimum Gasteiger partial charge on any atom is -0.344 e. The van der Waals surface area contributed by atoms with Crippen LogP contribution in [0.1, 0.15) is 54.8 Å². The molecule has 0 aliphatic rings. The second kappa shape index (κ2) is 6.69. The van der Waals surface area contributed by atoms with Crippen molar-refractivity contribution in [2.24, 2.45) is 5.41 Å². The van der Waals surface area contributed by atoms with Crippen molar-refractivity contribution >= 4 is 5.91 Å². The second-order valence-corrected chi connectivity index (χ2v) is 6.75. The molecule has 2 heterocycles. The molecule has 0 aromatic carbocycles. The molecule has 0 radical (unpaired) electrons. The van der Waals surface area contributed by atoms with Crippen molar-refractivity contribution in [1.82, 2.24) is 15.3 Å². The molecule has 4 nitrogen and oxygen atoms in total. The highest BCUT2D eigenvalue weighted by Gasteiger charge is 2.23. The molecule has 2 aromatic rings. The van der Waals surface area contributed by atoms with Crippen molar-refractivity contribution < 1.29 is 4.79 Å². The molecule has 0 saturated carbocycles. The highest BCUT2D eigenvalue weighted by atomic mass is 16.1. The lowest BCUT2D eigenvalue weighted by atomic mass is 9.85. The van der Waals surface area contributed by atoms with E-state index in [0.717, 1.165) is 17.5 Å². The monoisotopic (exact) mass is 297 g/mol. The van der Waals surface area contributed by atoms with Crippen molar-refractivity contribution in [1.29, 1.82) is 0 Å². The van der Waals surface area contributed by atoms with Crippen molar-refractivity contribution in [2.45, 2.75) is 40.2 Å². The summed E-state index contributed by atoms with van der Waals surface area (Å²) >= 11 is 0. The van der Waals surface area contributed by atoms with Gasteiger partial charge in [0.15, 0.2) is 0 Å². The van der Waals surface area contributed by atoms with Gasteiger partial charge < -0.3 is 5.32 Å². The van der Waals surface area contributed by atoms with Crippen LogP contribution in [0.15, 0.2) is 42.9 Å². The van der Waals surface area contributed by atoms with E-state index >= 15 is 0 Å². The largest absolute Gasteiger partial charge is 0.344 e. The number of hydrogen-bond donors (Lipinski definition) is 1. The Hall–Kier alpha value is -2.23. The second-order valence-electron chi connectivity index (χ2n) is 6.75. The number of pyridine rings is 2. The first kappa shape index (κ1) is 16.1. The van der Waals surface area contributed by atoms with E-state index in [4.69, 9.17) is 0 Å². The SMILES string of the molecule is Cc1cccnc1C(=O)N[C@@H](CC(C)(C)C)c1cccnc1. The summed E-state index contributed by atoms with van der Waals surface area (Å²) in [5.41, 5.74) is 2.46. The maximum absolute atomic E-state index is 12.5. The Morgan fingerprint density at radius 3 is 2.55 bits per heavy atom. The maximum Gasteiger partial charge on any atom is 0.270 e. The summed E-state index contributed by atoms with van der Waals surface area (Å²) in [5, 5.41) is 3.11. The van der Waals surface area contributed by atoms with E-state index in [0.29, 0.717) is 5.69 Å². The molecule has 0 unspecified atom stereocenters. The van der Waals surface area contributed by atoms with Crippen molar-refractivity contribution in [2.75, 3.05) is 0 Å². The van der Waals surface area contributed by atoms with Gasteiger partial charge in [-0.1, -0.05) is 32.9 Å². The van der Waals surface area contributed by atoms with Crippen LogP contribution in [-0.2, 0) is 0 Å². The average molecular weight is 297 g/mol. The van der Waals surface area contributed by atoms with Crippen LogP contribution in [0, 0.1) is 12.3 Å². The number of aromatic nitrogens is 2. The summed E-state index contributed by atoms with van der Waals surface area (Å²) in [4.78, 5) is 20.9. The summed E-state index contributed by atoms with van der Waals surface area (Å²) < 4.78 is 0. The predicted molar refractivity (Wildman–Crippen MR) is 87.5 cm³/mol. The molecule has 0 spiro atoms. The molecule has 22 heavy (non-hydrogen) atoms. The third kappa shape index (κ3) is 4.38. The molecule has 1 N–H and O–H groups in total. The Morgan fingerprint density at radius 1 is 1.23 bits per heavy atom. The number of carbonyl (C=O) groups is 1. The van der Waals surface area contributed by atoms with E-state index in [-0.39, 0.29) is 17.4 Å². The van der Waals surface area contributed by atoms with Gasteiger partial charge in [-0.05, 0) is 42.0 Å². The van der Waals surface area contributed by atoms with E-state index < -0.39 is 0 Å². The first-order valence-corrected chi connectivity index (χ1v) is 7.49. The zero-order chi connectivity index (χ0) is 16.2. The smallest absolute Gasteiger partial charge is 0.270 e. The Balaban J connectivity index is 2.23. The normalized spacial score (nSPS) is 12.7. The van der Waals surface area contributed by atoms with Gasteiger partial charge in [-0.15, -0.1) is 0 Å². The van der Waals surface area contributed by atoms with Crippen LogP contribution in [0.2, 0.25) is 0 Å². The first-order valence-electron chi connectivity index (χ1n) is 7.49. The highest BCUT2D eigenvalue weighted by Crippen LogP contribution is 2.29. The Labute approximate surface area is 132 Å². The quantitative estimate of drug-likeness (QED) is 0.936. The van der Waals surface area contributed by atoms with E-state index in [1.165, 1.54) is 0 Å². The third-order valence-electron chi connectivity index (χ3n) is 3.43. The Morgan fingerprint density at radius 2 is 1.95 bits per heavy atom. The lowest BCUT2D eigenvalue weighted by molar-refractivity contribution is 0.0920. The molecule has 1 amide bonds. The number of nitrogens with zero attached hydrogens (tertiary/aromatic N) is 2. The zero-order valence-corrected chi connectivity index (χ0v) is 13.6. The topological polar surface area (TPSA) is 54.9 Å². The van der Waals surface area contributed by atoms with Gasteiger partial charge in [-0.25, -0.2) is 0 Å². The van der Waals surface area contributed by atoms with Crippen LogP contribution in [0.25, 0.3) is 0 Å². The summed E-state index contributed by atoms with van der Waals surface area (Å²) in [6, 6.07) is 7.53. The average Bonchev–Trinajstić information content (AvgIpc) is 2.46. The van der Waals surface area contributed by atoms with Crippen LogP contribution in [-0.4, -0.2) is 15.9 Å². The number of aryl methyl sites for hydroxylation is 1. The summed E-state index contributed by atoms with van der Waals surface area (Å²) in [6.45, 7) is 8.38. The van der Waals surface area contributed by atoms with Crippen LogP contribution in [0.5, 0.6) is 0 Å². The van der Waals surface area contributed by atoms with Gasteiger partial charge in [0, 0.05) is 18.6 Å². The van der Waals surface area contributed by atoms with Crippen molar-refractivity contribution in [3.05, 3.63) is 59.7 Å². The molecular weight excluding hydrogens is 274 g/mol. The fraction of sp³-hybridized carbons (Fsp3) is 0.389.